The Morgan fingerprint density at radius 2 is 1.30 bits per heavy atom. The van der Waals surface area contributed by atoms with E-state index < -0.39 is 0 Å². The lowest BCUT2D eigenvalue weighted by Crippen LogP contribution is -2.29. The van der Waals surface area contributed by atoms with E-state index in [0.717, 1.165) is 11.1 Å². The van der Waals surface area contributed by atoms with Crippen molar-refractivity contribution in [1.29, 1.82) is 0 Å². The monoisotopic (exact) mass is 358 g/mol. The molecule has 0 aliphatic heterocycles. The Hall–Kier alpha value is -3.40. The Balaban J connectivity index is 1.80. The summed E-state index contributed by atoms with van der Waals surface area (Å²) >= 11 is 0. The third-order valence-electron chi connectivity index (χ3n) is 4.29. The molecule has 0 fully saturated rings. The lowest BCUT2D eigenvalue weighted by molar-refractivity contribution is -0.115. The summed E-state index contributed by atoms with van der Waals surface area (Å²) in [6.07, 6.45) is 0.415. The molecule has 0 aromatic heterocycles. The molecule has 2 N–H and O–H groups in total. The average Bonchev–Trinajstić information content (AvgIpc) is 2.73. The van der Waals surface area contributed by atoms with Gasteiger partial charge in [0.05, 0.1) is 6.04 Å². The van der Waals surface area contributed by atoms with E-state index in [9.17, 15) is 9.59 Å². The molecule has 3 aromatic carbocycles. The normalized spacial score (nSPS) is 10.4. The second kappa shape index (κ2) is 8.81. The number of carbonyl (C=O) groups excluding carboxylic acids is 2. The molecule has 0 radical (unpaired) electrons. The van der Waals surface area contributed by atoms with Crippen molar-refractivity contribution in [2.45, 2.75) is 19.4 Å². The van der Waals surface area contributed by atoms with Gasteiger partial charge in [0.15, 0.2) is 0 Å². The topological polar surface area (TPSA) is 58.2 Å². The van der Waals surface area contributed by atoms with Crippen molar-refractivity contribution in [2.75, 3.05) is 5.32 Å². The minimum Gasteiger partial charge on any atom is -0.341 e. The molecule has 0 saturated carbocycles. The molecule has 27 heavy (non-hydrogen) atoms. The van der Waals surface area contributed by atoms with Gasteiger partial charge in [-0.2, -0.15) is 0 Å². The third-order valence-corrected chi connectivity index (χ3v) is 4.29. The molecule has 4 nitrogen and oxygen atoms in total. The SMILES string of the molecule is CCC(=O)Nc1ccc(C(=O)NC(c2ccccc2)c2ccccc2)cc1. The minimum atomic E-state index is -0.237. The maximum absolute atomic E-state index is 12.8. The first-order valence-electron chi connectivity index (χ1n) is 8.98. The highest BCUT2D eigenvalue weighted by Crippen LogP contribution is 2.22. The molecule has 4 heteroatoms. The van der Waals surface area contributed by atoms with E-state index in [-0.39, 0.29) is 17.9 Å². The van der Waals surface area contributed by atoms with Crippen LogP contribution in [0.25, 0.3) is 0 Å². The Kier molecular flexibility index (Phi) is 6.00. The molecule has 0 atom stereocenters. The zero-order valence-corrected chi connectivity index (χ0v) is 15.2. The van der Waals surface area contributed by atoms with Crippen LogP contribution in [-0.2, 0) is 4.79 Å². The van der Waals surface area contributed by atoms with Crippen LogP contribution in [0, 0.1) is 0 Å². The van der Waals surface area contributed by atoms with Crippen molar-refractivity contribution in [3.05, 3.63) is 102 Å². The zero-order chi connectivity index (χ0) is 19.1. The highest BCUT2D eigenvalue weighted by atomic mass is 16.2. The van der Waals surface area contributed by atoms with Gasteiger partial charge in [0.25, 0.3) is 5.91 Å². The predicted molar refractivity (Wildman–Crippen MR) is 108 cm³/mol. The van der Waals surface area contributed by atoms with Gasteiger partial charge in [0.1, 0.15) is 0 Å². The first kappa shape index (κ1) is 18.4. The lowest BCUT2D eigenvalue weighted by Gasteiger charge is -2.20. The number of amides is 2. The van der Waals surface area contributed by atoms with Crippen LogP contribution in [0.4, 0.5) is 5.69 Å². The van der Waals surface area contributed by atoms with Gasteiger partial charge < -0.3 is 10.6 Å². The van der Waals surface area contributed by atoms with E-state index in [4.69, 9.17) is 0 Å². The largest absolute Gasteiger partial charge is 0.341 e. The van der Waals surface area contributed by atoms with Crippen LogP contribution in [0.1, 0.15) is 40.9 Å². The fourth-order valence-electron chi connectivity index (χ4n) is 2.82. The smallest absolute Gasteiger partial charge is 0.252 e. The van der Waals surface area contributed by atoms with Crippen LogP contribution in [-0.4, -0.2) is 11.8 Å². The molecular weight excluding hydrogens is 336 g/mol. The zero-order valence-electron chi connectivity index (χ0n) is 15.2. The van der Waals surface area contributed by atoms with Crippen LogP contribution in [0.5, 0.6) is 0 Å². The summed E-state index contributed by atoms with van der Waals surface area (Å²) in [6.45, 7) is 1.80. The summed E-state index contributed by atoms with van der Waals surface area (Å²) in [6, 6.07) is 26.4. The quantitative estimate of drug-likeness (QED) is 0.679. The molecule has 2 amide bonds. The first-order chi connectivity index (χ1) is 13.2. The van der Waals surface area contributed by atoms with Gasteiger partial charge in [-0.3, -0.25) is 9.59 Å². The summed E-state index contributed by atoms with van der Waals surface area (Å²) in [7, 11) is 0. The molecule has 0 aliphatic carbocycles. The molecule has 0 bridgehead atoms. The van der Waals surface area contributed by atoms with Gasteiger partial charge in [-0.15, -0.1) is 0 Å². The Labute approximate surface area is 159 Å². The molecule has 3 rings (SSSR count). The fraction of sp³-hybridized carbons (Fsp3) is 0.130. The molecule has 3 aromatic rings. The number of rotatable bonds is 6. The second-order valence-electron chi connectivity index (χ2n) is 6.21. The van der Waals surface area contributed by atoms with Gasteiger partial charge in [-0.05, 0) is 35.4 Å². The highest BCUT2D eigenvalue weighted by molar-refractivity contribution is 5.96. The summed E-state index contributed by atoms with van der Waals surface area (Å²) < 4.78 is 0. The van der Waals surface area contributed by atoms with Crippen molar-refractivity contribution in [1.82, 2.24) is 5.32 Å². The molecule has 0 spiro atoms. The summed E-state index contributed by atoms with van der Waals surface area (Å²) in [5.41, 5.74) is 3.26. The number of anilines is 1. The second-order valence-corrected chi connectivity index (χ2v) is 6.21. The molecule has 0 heterocycles. The van der Waals surface area contributed by atoms with Crippen molar-refractivity contribution in [3.8, 4) is 0 Å². The molecule has 0 aliphatic rings. The van der Waals surface area contributed by atoms with Gasteiger partial charge in [0.2, 0.25) is 5.91 Å². The number of carbonyl (C=O) groups is 2. The van der Waals surface area contributed by atoms with E-state index in [2.05, 4.69) is 10.6 Å². The van der Waals surface area contributed by atoms with Crippen LogP contribution in [0.15, 0.2) is 84.9 Å². The van der Waals surface area contributed by atoms with Crippen LogP contribution in [0.2, 0.25) is 0 Å². The van der Waals surface area contributed by atoms with Gasteiger partial charge in [-0.25, -0.2) is 0 Å². The van der Waals surface area contributed by atoms with E-state index >= 15 is 0 Å². The highest BCUT2D eigenvalue weighted by Gasteiger charge is 2.17. The summed E-state index contributed by atoms with van der Waals surface area (Å²) in [4.78, 5) is 24.3. The van der Waals surface area contributed by atoms with Crippen LogP contribution >= 0.6 is 0 Å². The number of nitrogens with one attached hydrogen (secondary N) is 2. The van der Waals surface area contributed by atoms with Crippen LogP contribution < -0.4 is 10.6 Å². The third kappa shape index (κ3) is 4.82. The molecule has 0 saturated heterocycles. The predicted octanol–water partition coefficient (Wildman–Crippen LogP) is 4.55. The number of hydrogen-bond acceptors (Lipinski definition) is 2. The first-order valence-corrected chi connectivity index (χ1v) is 8.98. The van der Waals surface area contributed by atoms with E-state index in [1.807, 2.05) is 60.7 Å². The Morgan fingerprint density at radius 1 is 0.778 bits per heavy atom. The van der Waals surface area contributed by atoms with E-state index in [1.54, 1.807) is 31.2 Å². The summed E-state index contributed by atoms with van der Waals surface area (Å²) in [5.74, 6) is -0.221. The fourth-order valence-corrected chi connectivity index (χ4v) is 2.82. The minimum absolute atomic E-state index is 0.0552. The van der Waals surface area contributed by atoms with E-state index in [0.29, 0.717) is 17.7 Å². The van der Waals surface area contributed by atoms with Crippen LogP contribution in [0.3, 0.4) is 0 Å². The van der Waals surface area contributed by atoms with Crippen molar-refractivity contribution in [2.24, 2.45) is 0 Å². The standard InChI is InChI=1S/C23H22N2O2/c1-2-21(26)24-20-15-13-19(14-16-20)23(27)25-22(17-9-5-3-6-10-17)18-11-7-4-8-12-18/h3-16,22H,2H2,1H3,(H,24,26)(H,25,27). The van der Waals surface area contributed by atoms with Gasteiger partial charge in [-0.1, -0.05) is 67.6 Å². The van der Waals surface area contributed by atoms with Crippen molar-refractivity contribution < 1.29 is 9.59 Å². The Morgan fingerprint density at radius 3 is 1.78 bits per heavy atom. The summed E-state index contributed by atoms with van der Waals surface area (Å²) in [5, 5.41) is 5.89. The number of hydrogen-bond donors (Lipinski definition) is 2. The Bertz CT molecular complexity index is 851. The van der Waals surface area contributed by atoms with Gasteiger partial charge in [0, 0.05) is 17.7 Å². The average molecular weight is 358 g/mol. The molecule has 136 valence electrons. The van der Waals surface area contributed by atoms with E-state index in [1.165, 1.54) is 0 Å². The lowest BCUT2D eigenvalue weighted by atomic mass is 9.98. The maximum Gasteiger partial charge on any atom is 0.252 e. The molecular formula is C23H22N2O2. The van der Waals surface area contributed by atoms with Crippen molar-refractivity contribution in [3.63, 3.8) is 0 Å². The number of benzene rings is 3. The maximum atomic E-state index is 12.8. The van der Waals surface area contributed by atoms with Crippen molar-refractivity contribution >= 4 is 17.5 Å². The van der Waals surface area contributed by atoms with Gasteiger partial charge >= 0.3 is 0 Å². The molecule has 0 unspecified atom stereocenters.